The molecule has 1 atom stereocenters. The van der Waals surface area contributed by atoms with Crippen molar-refractivity contribution in [2.45, 2.75) is 19.4 Å². The van der Waals surface area contributed by atoms with Gasteiger partial charge < -0.3 is 10.5 Å². The highest BCUT2D eigenvalue weighted by Gasteiger charge is 2.12. The van der Waals surface area contributed by atoms with Crippen molar-refractivity contribution in [3.8, 4) is 5.75 Å². The molecular formula is C16H17BrFNO. The van der Waals surface area contributed by atoms with E-state index >= 15 is 0 Å². The van der Waals surface area contributed by atoms with Gasteiger partial charge in [0.1, 0.15) is 11.6 Å². The first-order valence-corrected chi connectivity index (χ1v) is 7.14. The fourth-order valence-corrected chi connectivity index (χ4v) is 2.44. The number of aryl methyl sites for hydroxylation is 1. The molecule has 2 rings (SSSR count). The summed E-state index contributed by atoms with van der Waals surface area (Å²) < 4.78 is 19.8. The maximum Gasteiger partial charge on any atom is 0.127 e. The van der Waals surface area contributed by atoms with Crippen LogP contribution < -0.4 is 10.5 Å². The number of hydrogen-bond acceptors (Lipinski definition) is 2. The molecule has 4 heteroatoms. The Hall–Kier alpha value is -1.39. The van der Waals surface area contributed by atoms with E-state index in [1.54, 1.807) is 13.2 Å². The van der Waals surface area contributed by atoms with E-state index in [-0.39, 0.29) is 11.9 Å². The minimum absolute atomic E-state index is 0.242. The normalized spacial score (nSPS) is 12.2. The Balaban J connectivity index is 2.21. The Kier molecular flexibility index (Phi) is 4.78. The molecule has 0 amide bonds. The largest absolute Gasteiger partial charge is 0.496 e. The van der Waals surface area contributed by atoms with E-state index in [0.717, 1.165) is 21.3 Å². The quantitative estimate of drug-likeness (QED) is 0.909. The minimum Gasteiger partial charge on any atom is -0.496 e. The molecule has 0 saturated heterocycles. The van der Waals surface area contributed by atoms with E-state index in [1.807, 2.05) is 31.2 Å². The first-order chi connectivity index (χ1) is 9.51. The van der Waals surface area contributed by atoms with Gasteiger partial charge >= 0.3 is 0 Å². The van der Waals surface area contributed by atoms with Gasteiger partial charge in [-0.15, -0.1) is 0 Å². The van der Waals surface area contributed by atoms with Gasteiger partial charge in [-0.05, 0) is 48.2 Å². The number of methoxy groups -OCH3 is 1. The molecule has 106 valence electrons. The smallest absolute Gasteiger partial charge is 0.127 e. The van der Waals surface area contributed by atoms with Gasteiger partial charge in [-0.25, -0.2) is 4.39 Å². The van der Waals surface area contributed by atoms with E-state index in [0.29, 0.717) is 12.0 Å². The summed E-state index contributed by atoms with van der Waals surface area (Å²) in [4.78, 5) is 0. The highest BCUT2D eigenvalue weighted by atomic mass is 79.9. The molecule has 0 spiro atoms. The van der Waals surface area contributed by atoms with Gasteiger partial charge in [0.25, 0.3) is 0 Å². The topological polar surface area (TPSA) is 35.2 Å². The molecule has 0 aliphatic rings. The van der Waals surface area contributed by atoms with Crippen molar-refractivity contribution >= 4 is 15.9 Å². The second kappa shape index (κ2) is 6.37. The molecule has 0 saturated carbocycles. The summed E-state index contributed by atoms with van der Waals surface area (Å²) in [6.07, 6.45) is 0.450. The molecule has 0 aliphatic heterocycles. The van der Waals surface area contributed by atoms with Gasteiger partial charge in [-0.3, -0.25) is 0 Å². The highest BCUT2D eigenvalue weighted by molar-refractivity contribution is 9.10. The second-order valence-corrected chi connectivity index (χ2v) is 5.69. The second-order valence-electron chi connectivity index (χ2n) is 4.78. The first-order valence-electron chi connectivity index (χ1n) is 6.35. The van der Waals surface area contributed by atoms with Crippen LogP contribution in [0.2, 0.25) is 0 Å². The lowest BCUT2D eigenvalue weighted by atomic mass is 9.98. The highest BCUT2D eigenvalue weighted by Crippen LogP contribution is 2.25. The number of hydrogen-bond donors (Lipinski definition) is 1. The maximum atomic E-state index is 13.8. The van der Waals surface area contributed by atoms with Gasteiger partial charge in [0, 0.05) is 10.5 Å². The lowest BCUT2D eigenvalue weighted by molar-refractivity contribution is 0.410. The summed E-state index contributed by atoms with van der Waals surface area (Å²) in [5.41, 5.74) is 8.78. The third-order valence-electron chi connectivity index (χ3n) is 3.32. The average Bonchev–Trinajstić information content (AvgIpc) is 2.42. The van der Waals surface area contributed by atoms with Crippen LogP contribution in [0.15, 0.2) is 40.9 Å². The molecule has 0 bridgehead atoms. The zero-order valence-corrected chi connectivity index (χ0v) is 13.1. The van der Waals surface area contributed by atoms with Crippen LogP contribution in [0.25, 0.3) is 0 Å². The van der Waals surface area contributed by atoms with Crippen LogP contribution in [-0.4, -0.2) is 7.11 Å². The number of benzene rings is 2. The number of halogens is 2. The van der Waals surface area contributed by atoms with Gasteiger partial charge in [-0.1, -0.05) is 34.1 Å². The van der Waals surface area contributed by atoms with Gasteiger partial charge in [0.15, 0.2) is 0 Å². The Morgan fingerprint density at radius 1 is 1.25 bits per heavy atom. The van der Waals surface area contributed by atoms with Crippen molar-refractivity contribution in [1.82, 2.24) is 0 Å². The van der Waals surface area contributed by atoms with Crippen LogP contribution in [0.1, 0.15) is 22.7 Å². The molecule has 0 heterocycles. The molecule has 0 radical (unpaired) electrons. The van der Waals surface area contributed by atoms with Crippen LogP contribution in [0.4, 0.5) is 4.39 Å². The standard InChI is InChI=1S/C16H17BrFNO/c1-10-3-4-12(8-16(10)20-2)15(19)7-11-5-6-13(17)9-14(11)18/h3-6,8-9,15H,7,19H2,1-2H3. The van der Waals surface area contributed by atoms with Crippen molar-refractivity contribution < 1.29 is 9.13 Å². The summed E-state index contributed by atoms with van der Waals surface area (Å²) in [6, 6.07) is 10.6. The van der Waals surface area contributed by atoms with Crippen LogP contribution in [0, 0.1) is 12.7 Å². The first kappa shape index (κ1) is 15.0. The lowest BCUT2D eigenvalue weighted by Crippen LogP contribution is -2.14. The van der Waals surface area contributed by atoms with E-state index in [2.05, 4.69) is 15.9 Å². The summed E-state index contributed by atoms with van der Waals surface area (Å²) in [5, 5.41) is 0. The van der Waals surface area contributed by atoms with Crippen molar-refractivity contribution in [3.63, 3.8) is 0 Å². The Labute approximate surface area is 126 Å². The Morgan fingerprint density at radius 2 is 2.00 bits per heavy atom. The van der Waals surface area contributed by atoms with Crippen molar-refractivity contribution in [2.24, 2.45) is 5.73 Å². The molecule has 20 heavy (non-hydrogen) atoms. The van der Waals surface area contributed by atoms with E-state index in [4.69, 9.17) is 10.5 Å². The Morgan fingerprint density at radius 3 is 2.65 bits per heavy atom. The van der Waals surface area contributed by atoms with E-state index in [9.17, 15) is 4.39 Å². The summed E-state index contributed by atoms with van der Waals surface area (Å²) in [7, 11) is 1.63. The van der Waals surface area contributed by atoms with Crippen molar-refractivity contribution in [1.29, 1.82) is 0 Å². The zero-order chi connectivity index (χ0) is 14.7. The van der Waals surface area contributed by atoms with Crippen LogP contribution >= 0.6 is 15.9 Å². The Bertz CT molecular complexity index is 615. The fourth-order valence-electron chi connectivity index (χ4n) is 2.11. The van der Waals surface area contributed by atoms with Crippen LogP contribution in [-0.2, 0) is 6.42 Å². The molecular weight excluding hydrogens is 321 g/mol. The summed E-state index contributed by atoms with van der Waals surface area (Å²) in [6.45, 7) is 1.97. The van der Waals surface area contributed by atoms with Crippen molar-refractivity contribution in [3.05, 3.63) is 63.4 Å². The predicted octanol–water partition coefficient (Wildman–Crippen LogP) is 4.15. The van der Waals surface area contributed by atoms with Crippen LogP contribution in [0.5, 0.6) is 5.75 Å². The number of ether oxygens (including phenoxy) is 1. The molecule has 2 N–H and O–H groups in total. The lowest BCUT2D eigenvalue weighted by Gasteiger charge is -2.15. The van der Waals surface area contributed by atoms with Gasteiger partial charge in [0.2, 0.25) is 0 Å². The maximum absolute atomic E-state index is 13.8. The summed E-state index contributed by atoms with van der Waals surface area (Å²) in [5.74, 6) is 0.558. The van der Waals surface area contributed by atoms with Gasteiger partial charge in [0.05, 0.1) is 7.11 Å². The van der Waals surface area contributed by atoms with E-state index < -0.39 is 0 Å². The molecule has 2 nitrogen and oxygen atoms in total. The predicted molar refractivity (Wildman–Crippen MR) is 82.5 cm³/mol. The average molecular weight is 338 g/mol. The summed E-state index contributed by atoms with van der Waals surface area (Å²) >= 11 is 3.25. The molecule has 0 fully saturated rings. The SMILES string of the molecule is COc1cc(C(N)Cc2ccc(Br)cc2F)ccc1C. The molecule has 2 aromatic carbocycles. The number of rotatable bonds is 4. The third kappa shape index (κ3) is 3.38. The van der Waals surface area contributed by atoms with Gasteiger partial charge in [-0.2, -0.15) is 0 Å². The minimum atomic E-state index is -0.264. The van der Waals surface area contributed by atoms with E-state index in [1.165, 1.54) is 6.07 Å². The fraction of sp³-hybridized carbons (Fsp3) is 0.250. The zero-order valence-electron chi connectivity index (χ0n) is 11.5. The van der Waals surface area contributed by atoms with Crippen molar-refractivity contribution in [2.75, 3.05) is 7.11 Å². The third-order valence-corrected chi connectivity index (χ3v) is 3.81. The number of nitrogens with two attached hydrogens (primary N) is 1. The van der Waals surface area contributed by atoms with Crippen LogP contribution in [0.3, 0.4) is 0 Å². The monoisotopic (exact) mass is 337 g/mol. The molecule has 0 aromatic heterocycles. The molecule has 2 aromatic rings. The molecule has 0 aliphatic carbocycles. The molecule has 1 unspecified atom stereocenters.